The van der Waals surface area contributed by atoms with E-state index in [0.717, 1.165) is 15.9 Å². The number of carbonyl (C=O) groups is 1. The standard InChI is InChI=1S/C15H17BrN4OS/c1-3-9-20-14(11-5-7-12(16)8-6-11)18-19-15(20)22-10-13(21)17-4-2/h3,5-8H,1,4,9-10H2,2H3,(H,17,21). The normalized spacial score (nSPS) is 10.5. The van der Waals surface area contributed by atoms with Crippen molar-refractivity contribution in [1.29, 1.82) is 0 Å². The number of thioether (sulfide) groups is 1. The Morgan fingerprint density at radius 3 is 2.77 bits per heavy atom. The summed E-state index contributed by atoms with van der Waals surface area (Å²) in [6.07, 6.45) is 1.79. The number of allylic oxidation sites excluding steroid dienone is 1. The number of halogens is 1. The van der Waals surface area contributed by atoms with E-state index in [2.05, 4.69) is 38.0 Å². The molecule has 1 amide bonds. The van der Waals surface area contributed by atoms with Crippen molar-refractivity contribution in [2.45, 2.75) is 18.6 Å². The maximum absolute atomic E-state index is 11.6. The number of nitrogens with one attached hydrogen (secondary N) is 1. The van der Waals surface area contributed by atoms with Gasteiger partial charge >= 0.3 is 0 Å². The molecule has 0 atom stereocenters. The van der Waals surface area contributed by atoms with Gasteiger partial charge in [-0.2, -0.15) is 0 Å². The number of carbonyl (C=O) groups excluding carboxylic acids is 1. The highest BCUT2D eigenvalue weighted by Crippen LogP contribution is 2.25. The van der Waals surface area contributed by atoms with E-state index in [4.69, 9.17) is 0 Å². The van der Waals surface area contributed by atoms with Crippen LogP contribution >= 0.6 is 27.7 Å². The van der Waals surface area contributed by atoms with Crippen LogP contribution in [0.4, 0.5) is 0 Å². The van der Waals surface area contributed by atoms with Gasteiger partial charge in [-0.3, -0.25) is 9.36 Å². The lowest BCUT2D eigenvalue weighted by molar-refractivity contribution is -0.118. The third-order valence-electron chi connectivity index (χ3n) is 2.84. The summed E-state index contributed by atoms with van der Waals surface area (Å²) in [6, 6.07) is 7.88. The van der Waals surface area contributed by atoms with Crippen molar-refractivity contribution in [3.63, 3.8) is 0 Å². The second kappa shape index (κ2) is 8.14. The van der Waals surface area contributed by atoms with E-state index in [1.807, 2.05) is 35.8 Å². The molecule has 1 aromatic heterocycles. The zero-order valence-corrected chi connectivity index (χ0v) is 14.7. The van der Waals surface area contributed by atoms with Crippen LogP contribution in [0.15, 0.2) is 46.5 Å². The minimum Gasteiger partial charge on any atom is -0.356 e. The lowest BCUT2D eigenvalue weighted by Crippen LogP contribution is -2.24. The molecule has 5 nitrogen and oxygen atoms in total. The molecule has 0 aliphatic heterocycles. The van der Waals surface area contributed by atoms with Gasteiger partial charge in [-0.15, -0.1) is 16.8 Å². The molecule has 0 fully saturated rings. The van der Waals surface area contributed by atoms with Crippen molar-refractivity contribution >= 4 is 33.6 Å². The zero-order chi connectivity index (χ0) is 15.9. The average Bonchev–Trinajstić information content (AvgIpc) is 2.90. The highest BCUT2D eigenvalue weighted by molar-refractivity contribution is 9.10. The van der Waals surface area contributed by atoms with Gasteiger partial charge < -0.3 is 5.32 Å². The van der Waals surface area contributed by atoms with E-state index in [1.165, 1.54) is 11.8 Å². The Balaban J connectivity index is 2.23. The maximum Gasteiger partial charge on any atom is 0.230 e. The summed E-state index contributed by atoms with van der Waals surface area (Å²) in [5.41, 5.74) is 0.974. The van der Waals surface area contributed by atoms with Crippen molar-refractivity contribution < 1.29 is 4.79 Å². The summed E-state index contributed by atoms with van der Waals surface area (Å²) in [6.45, 7) is 6.90. The summed E-state index contributed by atoms with van der Waals surface area (Å²) in [5.74, 6) is 1.08. The van der Waals surface area contributed by atoms with Gasteiger partial charge in [0.15, 0.2) is 11.0 Å². The fraction of sp³-hybridized carbons (Fsp3) is 0.267. The fourth-order valence-corrected chi connectivity index (χ4v) is 2.92. The van der Waals surface area contributed by atoms with Crippen LogP contribution in [-0.4, -0.2) is 33.0 Å². The molecular formula is C15H17BrN4OS. The number of amides is 1. The minimum atomic E-state index is -0.00848. The van der Waals surface area contributed by atoms with Crippen LogP contribution in [0.1, 0.15) is 6.92 Å². The van der Waals surface area contributed by atoms with E-state index >= 15 is 0 Å². The number of aromatic nitrogens is 3. The molecule has 1 heterocycles. The minimum absolute atomic E-state index is 0.00848. The predicted octanol–water partition coefficient (Wildman–Crippen LogP) is 3.12. The largest absolute Gasteiger partial charge is 0.356 e. The Morgan fingerprint density at radius 1 is 1.41 bits per heavy atom. The van der Waals surface area contributed by atoms with Crippen molar-refractivity contribution in [3.8, 4) is 11.4 Å². The van der Waals surface area contributed by atoms with Gasteiger partial charge in [-0.05, 0) is 19.1 Å². The molecular weight excluding hydrogens is 364 g/mol. The summed E-state index contributed by atoms with van der Waals surface area (Å²) < 4.78 is 2.97. The van der Waals surface area contributed by atoms with E-state index < -0.39 is 0 Å². The topological polar surface area (TPSA) is 59.8 Å². The Labute approximate surface area is 142 Å². The fourth-order valence-electron chi connectivity index (χ4n) is 1.88. The molecule has 0 radical (unpaired) electrons. The van der Waals surface area contributed by atoms with Crippen molar-refractivity contribution in [3.05, 3.63) is 41.4 Å². The SMILES string of the molecule is C=CCn1c(SCC(=O)NCC)nnc1-c1ccc(Br)cc1. The molecule has 0 aliphatic carbocycles. The van der Waals surface area contributed by atoms with Crippen LogP contribution in [0.5, 0.6) is 0 Å². The van der Waals surface area contributed by atoms with Gasteiger partial charge in [0.05, 0.1) is 5.75 Å². The van der Waals surface area contributed by atoms with E-state index in [9.17, 15) is 4.79 Å². The predicted molar refractivity (Wildman–Crippen MR) is 92.8 cm³/mol. The molecule has 7 heteroatoms. The molecule has 2 aromatic rings. The van der Waals surface area contributed by atoms with Gasteiger partial charge in [0, 0.05) is 23.1 Å². The summed E-state index contributed by atoms with van der Waals surface area (Å²) in [7, 11) is 0. The lowest BCUT2D eigenvalue weighted by Gasteiger charge is -2.07. The molecule has 1 N–H and O–H groups in total. The van der Waals surface area contributed by atoms with Crippen LogP contribution in [-0.2, 0) is 11.3 Å². The molecule has 0 aliphatic rings. The number of hydrogen-bond donors (Lipinski definition) is 1. The van der Waals surface area contributed by atoms with Crippen molar-refractivity contribution in [1.82, 2.24) is 20.1 Å². The highest BCUT2D eigenvalue weighted by atomic mass is 79.9. The molecule has 0 saturated carbocycles. The smallest absolute Gasteiger partial charge is 0.230 e. The number of rotatable bonds is 7. The molecule has 2 rings (SSSR count). The number of benzene rings is 1. The second-order valence-corrected chi connectivity index (χ2v) is 6.31. The van der Waals surface area contributed by atoms with Crippen LogP contribution in [0.2, 0.25) is 0 Å². The summed E-state index contributed by atoms with van der Waals surface area (Å²) in [4.78, 5) is 11.6. The number of nitrogens with zero attached hydrogens (tertiary/aromatic N) is 3. The van der Waals surface area contributed by atoms with Crippen LogP contribution in [0, 0.1) is 0 Å². The average molecular weight is 381 g/mol. The molecule has 1 aromatic carbocycles. The first kappa shape index (κ1) is 16.8. The van der Waals surface area contributed by atoms with E-state index in [0.29, 0.717) is 24.0 Å². The summed E-state index contributed by atoms with van der Waals surface area (Å²) >= 11 is 4.79. The van der Waals surface area contributed by atoms with Crippen LogP contribution in [0.3, 0.4) is 0 Å². The summed E-state index contributed by atoms with van der Waals surface area (Å²) in [5, 5.41) is 11.9. The zero-order valence-electron chi connectivity index (χ0n) is 12.3. The van der Waals surface area contributed by atoms with Crippen LogP contribution in [0.25, 0.3) is 11.4 Å². The first-order valence-corrected chi connectivity index (χ1v) is 8.63. The van der Waals surface area contributed by atoms with Gasteiger partial charge in [-0.25, -0.2) is 0 Å². The third-order valence-corrected chi connectivity index (χ3v) is 4.33. The molecule has 0 unspecified atom stereocenters. The maximum atomic E-state index is 11.6. The molecule has 0 bridgehead atoms. The Kier molecular flexibility index (Phi) is 6.21. The third kappa shape index (κ3) is 4.20. The second-order valence-electron chi connectivity index (χ2n) is 4.45. The highest BCUT2D eigenvalue weighted by Gasteiger charge is 2.14. The lowest BCUT2D eigenvalue weighted by atomic mass is 10.2. The molecule has 0 spiro atoms. The first-order chi connectivity index (χ1) is 10.7. The van der Waals surface area contributed by atoms with Gasteiger partial charge in [0.2, 0.25) is 5.91 Å². The quantitative estimate of drug-likeness (QED) is 0.592. The first-order valence-electron chi connectivity index (χ1n) is 6.85. The molecule has 22 heavy (non-hydrogen) atoms. The van der Waals surface area contributed by atoms with Crippen LogP contribution < -0.4 is 5.32 Å². The monoisotopic (exact) mass is 380 g/mol. The van der Waals surface area contributed by atoms with Crippen molar-refractivity contribution in [2.75, 3.05) is 12.3 Å². The Bertz CT molecular complexity index is 654. The Hall–Kier alpha value is -1.60. The molecule has 0 saturated heterocycles. The van der Waals surface area contributed by atoms with E-state index in [1.54, 1.807) is 6.08 Å². The van der Waals surface area contributed by atoms with Gasteiger partial charge in [-0.1, -0.05) is 45.9 Å². The molecule has 116 valence electrons. The van der Waals surface area contributed by atoms with Crippen molar-refractivity contribution in [2.24, 2.45) is 0 Å². The van der Waals surface area contributed by atoms with E-state index in [-0.39, 0.29) is 5.91 Å². The van der Waals surface area contributed by atoms with Gasteiger partial charge in [0.1, 0.15) is 0 Å². The van der Waals surface area contributed by atoms with Gasteiger partial charge in [0.25, 0.3) is 0 Å². The number of hydrogen-bond acceptors (Lipinski definition) is 4. The Morgan fingerprint density at radius 2 is 2.14 bits per heavy atom.